The van der Waals surface area contributed by atoms with Crippen LogP contribution in [0, 0.1) is 0 Å². The van der Waals surface area contributed by atoms with Gasteiger partial charge in [0.15, 0.2) is 0 Å². The highest BCUT2D eigenvalue weighted by molar-refractivity contribution is 7.11. The lowest BCUT2D eigenvalue weighted by molar-refractivity contribution is 0.309. The van der Waals surface area contributed by atoms with Crippen LogP contribution < -0.4 is 10.1 Å². The summed E-state index contributed by atoms with van der Waals surface area (Å²) in [6.07, 6.45) is 1.10. The van der Waals surface area contributed by atoms with Gasteiger partial charge >= 0.3 is 0 Å². The van der Waals surface area contributed by atoms with Crippen LogP contribution in [-0.2, 0) is 19.6 Å². The number of rotatable bonds is 7. The minimum atomic E-state index is 0.498. The Kier molecular flexibility index (Phi) is 5.62. The summed E-state index contributed by atoms with van der Waals surface area (Å²) < 4.78 is 5.88. The average Bonchev–Trinajstić information content (AvgIpc) is 2.91. The predicted molar refractivity (Wildman–Crippen MR) is 86.4 cm³/mol. The molecule has 0 bridgehead atoms. The molecule has 1 heterocycles. The highest BCUT2D eigenvalue weighted by atomic mass is 32.1. The molecule has 0 fully saturated rings. The molecular formula is C17H23NOS. The second-order valence-corrected chi connectivity index (χ2v) is 6.45. The molecule has 0 aliphatic carbocycles. The Morgan fingerprint density at radius 1 is 1.15 bits per heavy atom. The van der Waals surface area contributed by atoms with Gasteiger partial charge in [0.05, 0.1) is 0 Å². The lowest BCUT2D eigenvalue weighted by Gasteiger charge is -2.10. The molecule has 0 aliphatic rings. The van der Waals surface area contributed by atoms with E-state index in [1.165, 1.54) is 15.3 Å². The molecule has 1 aromatic heterocycles. The van der Waals surface area contributed by atoms with Crippen molar-refractivity contribution in [2.24, 2.45) is 0 Å². The van der Waals surface area contributed by atoms with Gasteiger partial charge in [0, 0.05) is 22.3 Å². The molecule has 2 rings (SSSR count). The Labute approximate surface area is 125 Å². The molecule has 0 saturated carbocycles. The van der Waals surface area contributed by atoms with Crippen LogP contribution in [-0.4, -0.2) is 6.04 Å². The Hall–Kier alpha value is -1.32. The number of aryl methyl sites for hydroxylation is 1. The molecule has 1 N–H and O–H groups in total. The van der Waals surface area contributed by atoms with Crippen molar-refractivity contribution in [2.45, 2.75) is 46.4 Å². The quantitative estimate of drug-likeness (QED) is 0.816. The van der Waals surface area contributed by atoms with Gasteiger partial charge in [-0.25, -0.2) is 0 Å². The van der Waals surface area contributed by atoms with Crippen molar-refractivity contribution >= 4 is 11.3 Å². The molecule has 0 radical (unpaired) electrons. The van der Waals surface area contributed by atoms with Crippen molar-refractivity contribution in [3.8, 4) is 5.75 Å². The Bertz CT molecular complexity index is 533. The highest BCUT2D eigenvalue weighted by Gasteiger charge is 2.02. The van der Waals surface area contributed by atoms with Gasteiger partial charge in [-0.2, -0.15) is 0 Å². The van der Waals surface area contributed by atoms with E-state index in [-0.39, 0.29) is 0 Å². The van der Waals surface area contributed by atoms with E-state index in [4.69, 9.17) is 4.74 Å². The third-order valence-electron chi connectivity index (χ3n) is 3.06. The average molecular weight is 289 g/mol. The molecule has 0 unspecified atom stereocenters. The highest BCUT2D eigenvalue weighted by Crippen LogP contribution is 2.20. The van der Waals surface area contributed by atoms with Crippen molar-refractivity contribution in [1.29, 1.82) is 0 Å². The summed E-state index contributed by atoms with van der Waals surface area (Å²) in [4.78, 5) is 2.70. The summed E-state index contributed by atoms with van der Waals surface area (Å²) >= 11 is 1.83. The summed E-state index contributed by atoms with van der Waals surface area (Å²) in [5.41, 5.74) is 1.26. The third kappa shape index (κ3) is 4.66. The smallest absolute Gasteiger partial charge is 0.122 e. The fraction of sp³-hybridized carbons (Fsp3) is 0.412. The Balaban J connectivity index is 1.90. The summed E-state index contributed by atoms with van der Waals surface area (Å²) in [6, 6.07) is 13.2. The number of nitrogens with one attached hydrogen (secondary N) is 1. The summed E-state index contributed by atoms with van der Waals surface area (Å²) in [5.74, 6) is 0.944. The van der Waals surface area contributed by atoms with E-state index in [1.807, 2.05) is 17.4 Å². The van der Waals surface area contributed by atoms with Crippen LogP contribution in [0.4, 0.5) is 0 Å². The minimum Gasteiger partial charge on any atom is -0.488 e. The molecule has 0 atom stereocenters. The van der Waals surface area contributed by atoms with Gasteiger partial charge in [-0.1, -0.05) is 32.9 Å². The standard InChI is InChI=1S/C17H23NOS/c1-4-16-8-9-17(20-16)12-19-15-7-5-6-14(10-15)11-18-13(2)3/h5-10,13,18H,4,11-12H2,1-3H3. The first-order valence-electron chi connectivity index (χ1n) is 7.20. The fourth-order valence-electron chi connectivity index (χ4n) is 1.91. The van der Waals surface area contributed by atoms with Crippen LogP contribution in [0.5, 0.6) is 5.75 Å². The van der Waals surface area contributed by atoms with Crippen molar-refractivity contribution in [1.82, 2.24) is 5.32 Å². The zero-order valence-corrected chi connectivity index (χ0v) is 13.3. The van der Waals surface area contributed by atoms with Crippen LogP contribution in [0.15, 0.2) is 36.4 Å². The van der Waals surface area contributed by atoms with Crippen LogP contribution in [0.3, 0.4) is 0 Å². The minimum absolute atomic E-state index is 0.498. The van der Waals surface area contributed by atoms with Crippen LogP contribution >= 0.6 is 11.3 Å². The molecule has 1 aromatic carbocycles. The van der Waals surface area contributed by atoms with Gasteiger partial charge in [-0.15, -0.1) is 11.3 Å². The van der Waals surface area contributed by atoms with Crippen molar-refractivity contribution in [3.63, 3.8) is 0 Å². The van der Waals surface area contributed by atoms with E-state index in [2.05, 4.69) is 56.4 Å². The van der Waals surface area contributed by atoms with Crippen LogP contribution in [0.25, 0.3) is 0 Å². The van der Waals surface area contributed by atoms with Gasteiger partial charge in [-0.3, -0.25) is 0 Å². The van der Waals surface area contributed by atoms with Crippen LogP contribution in [0.1, 0.15) is 36.1 Å². The molecule has 20 heavy (non-hydrogen) atoms. The zero-order valence-electron chi connectivity index (χ0n) is 12.5. The normalized spacial score (nSPS) is 11.0. The molecule has 108 valence electrons. The lowest BCUT2D eigenvalue weighted by atomic mass is 10.2. The van der Waals surface area contributed by atoms with Crippen molar-refractivity contribution < 1.29 is 4.74 Å². The third-order valence-corrected chi connectivity index (χ3v) is 4.26. The monoisotopic (exact) mass is 289 g/mol. The van der Waals surface area contributed by atoms with Crippen molar-refractivity contribution in [3.05, 3.63) is 51.7 Å². The van der Waals surface area contributed by atoms with E-state index in [9.17, 15) is 0 Å². The lowest BCUT2D eigenvalue weighted by Crippen LogP contribution is -2.21. The Morgan fingerprint density at radius 3 is 2.65 bits per heavy atom. The second kappa shape index (κ2) is 7.46. The first-order chi connectivity index (χ1) is 9.67. The molecule has 0 saturated heterocycles. The molecule has 3 heteroatoms. The zero-order chi connectivity index (χ0) is 14.4. The molecular weight excluding hydrogens is 266 g/mol. The number of ether oxygens (including phenoxy) is 1. The Morgan fingerprint density at radius 2 is 1.95 bits per heavy atom. The van der Waals surface area contributed by atoms with Crippen molar-refractivity contribution in [2.75, 3.05) is 0 Å². The van der Waals surface area contributed by atoms with E-state index in [1.54, 1.807) is 0 Å². The van der Waals surface area contributed by atoms with E-state index < -0.39 is 0 Å². The van der Waals surface area contributed by atoms with E-state index in [0.717, 1.165) is 18.7 Å². The number of thiophene rings is 1. The van der Waals surface area contributed by atoms with Gasteiger partial charge in [0.1, 0.15) is 12.4 Å². The predicted octanol–water partition coefficient (Wildman–Crippen LogP) is 4.39. The molecule has 0 amide bonds. The maximum absolute atomic E-state index is 5.88. The van der Waals surface area contributed by atoms with E-state index in [0.29, 0.717) is 12.6 Å². The fourth-order valence-corrected chi connectivity index (χ4v) is 2.78. The molecule has 0 aliphatic heterocycles. The second-order valence-electron chi connectivity index (χ2n) is 5.19. The van der Waals surface area contributed by atoms with E-state index >= 15 is 0 Å². The molecule has 0 spiro atoms. The van der Waals surface area contributed by atoms with Crippen LogP contribution in [0.2, 0.25) is 0 Å². The number of hydrogen-bond acceptors (Lipinski definition) is 3. The molecule has 2 aromatic rings. The largest absolute Gasteiger partial charge is 0.488 e. The van der Waals surface area contributed by atoms with Gasteiger partial charge in [0.25, 0.3) is 0 Å². The van der Waals surface area contributed by atoms with Gasteiger partial charge in [0.2, 0.25) is 0 Å². The number of hydrogen-bond donors (Lipinski definition) is 1. The van der Waals surface area contributed by atoms with Gasteiger partial charge in [-0.05, 0) is 36.2 Å². The first kappa shape index (κ1) is 15.1. The maximum atomic E-state index is 5.88. The summed E-state index contributed by atoms with van der Waals surface area (Å²) in [5, 5.41) is 3.42. The first-order valence-corrected chi connectivity index (χ1v) is 8.01. The topological polar surface area (TPSA) is 21.3 Å². The van der Waals surface area contributed by atoms with Gasteiger partial charge < -0.3 is 10.1 Å². The SMILES string of the molecule is CCc1ccc(COc2cccc(CNC(C)C)c2)s1. The summed E-state index contributed by atoms with van der Waals surface area (Å²) in [7, 11) is 0. The number of benzene rings is 1. The molecule has 2 nitrogen and oxygen atoms in total. The summed E-state index contributed by atoms with van der Waals surface area (Å²) in [6.45, 7) is 8.03. The maximum Gasteiger partial charge on any atom is 0.122 e.